The van der Waals surface area contributed by atoms with E-state index < -0.39 is 0 Å². The Bertz CT molecular complexity index is 565. The first kappa shape index (κ1) is 14.4. The molecule has 2 aromatic rings. The Morgan fingerprint density at radius 2 is 1.90 bits per heavy atom. The van der Waals surface area contributed by atoms with Crippen LogP contribution in [0.15, 0.2) is 35.8 Å². The number of rotatable bonds is 4. The van der Waals surface area contributed by atoms with Gasteiger partial charge in [0, 0.05) is 49.0 Å². The predicted molar refractivity (Wildman–Crippen MR) is 88.2 cm³/mol. The molecule has 3 rings (SSSR count). The maximum absolute atomic E-state index is 10.2. The minimum absolute atomic E-state index is 0.377. The molecule has 1 aromatic heterocycles. The summed E-state index contributed by atoms with van der Waals surface area (Å²) < 4.78 is 0. The second kappa shape index (κ2) is 6.45. The van der Waals surface area contributed by atoms with Gasteiger partial charge in [-0.3, -0.25) is 0 Å². The van der Waals surface area contributed by atoms with Crippen molar-refractivity contribution in [2.75, 3.05) is 36.0 Å². The van der Waals surface area contributed by atoms with Gasteiger partial charge in [0.05, 0.1) is 6.10 Å². The third kappa shape index (κ3) is 3.04. The Labute approximate surface area is 129 Å². The monoisotopic (exact) mass is 303 g/mol. The summed E-state index contributed by atoms with van der Waals surface area (Å²) in [4.78, 5) is 9.09. The molecule has 0 aliphatic carbocycles. The van der Waals surface area contributed by atoms with Crippen LogP contribution in [-0.4, -0.2) is 36.3 Å². The minimum Gasteiger partial charge on any atom is -0.388 e. The number of para-hydroxylation sites is 1. The Kier molecular flexibility index (Phi) is 4.41. The van der Waals surface area contributed by atoms with Crippen molar-refractivity contribution >= 4 is 22.2 Å². The summed E-state index contributed by atoms with van der Waals surface area (Å²) >= 11 is 1.69. The number of aromatic nitrogens is 1. The van der Waals surface area contributed by atoms with Crippen molar-refractivity contribution < 1.29 is 5.11 Å². The van der Waals surface area contributed by atoms with E-state index in [-0.39, 0.29) is 6.10 Å². The van der Waals surface area contributed by atoms with E-state index in [0.717, 1.165) is 43.3 Å². The van der Waals surface area contributed by atoms with Crippen LogP contribution in [0.3, 0.4) is 0 Å². The lowest BCUT2D eigenvalue weighted by molar-refractivity contribution is 0.174. The molecule has 0 bridgehead atoms. The molecule has 21 heavy (non-hydrogen) atoms. The average Bonchev–Trinajstić information content (AvgIpc) is 3.09. The van der Waals surface area contributed by atoms with Crippen LogP contribution in [0.5, 0.6) is 0 Å². The summed E-state index contributed by atoms with van der Waals surface area (Å²) in [6.07, 6.45) is 2.23. The van der Waals surface area contributed by atoms with Crippen LogP contribution in [0, 0.1) is 0 Å². The number of hydrogen-bond donors (Lipinski definition) is 1. The molecule has 1 N–H and O–H groups in total. The summed E-state index contributed by atoms with van der Waals surface area (Å²) in [6.45, 7) is 5.90. The van der Waals surface area contributed by atoms with Gasteiger partial charge < -0.3 is 14.9 Å². The normalized spacial score (nSPS) is 17.0. The fourth-order valence-electron chi connectivity index (χ4n) is 2.79. The number of benzene rings is 1. The van der Waals surface area contributed by atoms with Crippen molar-refractivity contribution in [3.63, 3.8) is 0 Å². The van der Waals surface area contributed by atoms with Gasteiger partial charge in [-0.1, -0.05) is 25.1 Å². The molecule has 1 atom stereocenters. The predicted octanol–water partition coefficient (Wildman–Crippen LogP) is 2.91. The van der Waals surface area contributed by atoms with Crippen LogP contribution in [0.4, 0.5) is 10.8 Å². The number of aliphatic hydroxyl groups is 1. The quantitative estimate of drug-likeness (QED) is 0.943. The van der Waals surface area contributed by atoms with Crippen molar-refractivity contribution in [1.82, 2.24) is 4.98 Å². The smallest absolute Gasteiger partial charge is 0.185 e. The second-order valence-electron chi connectivity index (χ2n) is 5.27. The number of anilines is 2. The van der Waals surface area contributed by atoms with Gasteiger partial charge >= 0.3 is 0 Å². The highest BCUT2D eigenvalue weighted by Crippen LogP contribution is 2.29. The van der Waals surface area contributed by atoms with Crippen molar-refractivity contribution in [3.05, 3.63) is 41.4 Å². The zero-order chi connectivity index (χ0) is 14.7. The summed E-state index contributed by atoms with van der Waals surface area (Å²) in [7, 11) is 0. The highest BCUT2D eigenvalue weighted by atomic mass is 32.1. The molecular formula is C16H21N3OS. The van der Waals surface area contributed by atoms with Gasteiger partial charge in [-0.05, 0) is 12.5 Å². The molecule has 0 saturated carbocycles. The molecular weight excluding hydrogens is 282 g/mol. The molecule has 0 unspecified atom stereocenters. The van der Waals surface area contributed by atoms with E-state index >= 15 is 0 Å². The largest absolute Gasteiger partial charge is 0.388 e. The lowest BCUT2D eigenvalue weighted by Gasteiger charge is -2.37. The lowest BCUT2D eigenvalue weighted by atomic mass is 10.0. The fourth-order valence-corrected chi connectivity index (χ4v) is 3.48. The molecule has 0 amide bonds. The van der Waals surface area contributed by atoms with Gasteiger partial charge in [0.1, 0.15) is 0 Å². The molecule has 1 fully saturated rings. The van der Waals surface area contributed by atoms with E-state index in [2.05, 4.69) is 26.9 Å². The number of thiazole rings is 1. The van der Waals surface area contributed by atoms with Crippen molar-refractivity contribution in [3.8, 4) is 0 Å². The molecule has 4 nitrogen and oxygen atoms in total. The number of aliphatic hydroxyl groups excluding tert-OH is 1. The maximum Gasteiger partial charge on any atom is 0.185 e. The van der Waals surface area contributed by atoms with Crippen molar-refractivity contribution in [2.24, 2.45) is 0 Å². The van der Waals surface area contributed by atoms with Crippen LogP contribution in [0.2, 0.25) is 0 Å². The standard InChI is InChI=1S/C16H21N3OS/c1-2-15(20)13-5-3-4-6-14(13)18-8-10-19(11-9-18)16-17-7-12-21-16/h3-7,12,15,20H,2,8-11H2,1H3/t15-/m1/s1. The van der Waals surface area contributed by atoms with Crippen LogP contribution in [0.1, 0.15) is 25.0 Å². The summed E-state index contributed by atoms with van der Waals surface area (Å²) in [5.41, 5.74) is 2.22. The van der Waals surface area contributed by atoms with E-state index in [4.69, 9.17) is 0 Å². The first-order chi connectivity index (χ1) is 10.3. The Morgan fingerprint density at radius 1 is 1.19 bits per heavy atom. The van der Waals surface area contributed by atoms with Gasteiger partial charge in [0.15, 0.2) is 5.13 Å². The third-order valence-electron chi connectivity index (χ3n) is 3.99. The molecule has 5 heteroatoms. The highest BCUT2D eigenvalue weighted by molar-refractivity contribution is 7.13. The minimum atomic E-state index is -0.377. The van der Waals surface area contributed by atoms with Gasteiger partial charge in [0.2, 0.25) is 0 Å². The average molecular weight is 303 g/mol. The fraction of sp³-hybridized carbons (Fsp3) is 0.438. The Hall–Kier alpha value is -1.59. The van der Waals surface area contributed by atoms with Crippen LogP contribution in [-0.2, 0) is 0 Å². The first-order valence-corrected chi connectivity index (χ1v) is 8.34. The number of piperazine rings is 1. The first-order valence-electron chi connectivity index (χ1n) is 7.46. The molecule has 1 aliphatic rings. The van der Waals surface area contributed by atoms with E-state index in [1.165, 1.54) is 5.69 Å². The van der Waals surface area contributed by atoms with E-state index in [1.807, 2.05) is 30.6 Å². The van der Waals surface area contributed by atoms with Crippen molar-refractivity contribution in [2.45, 2.75) is 19.4 Å². The van der Waals surface area contributed by atoms with Crippen LogP contribution in [0.25, 0.3) is 0 Å². The zero-order valence-corrected chi connectivity index (χ0v) is 13.1. The molecule has 1 saturated heterocycles. The van der Waals surface area contributed by atoms with Crippen LogP contribution < -0.4 is 9.80 Å². The maximum atomic E-state index is 10.2. The Morgan fingerprint density at radius 3 is 2.57 bits per heavy atom. The van der Waals surface area contributed by atoms with Gasteiger partial charge in [0.25, 0.3) is 0 Å². The molecule has 0 spiro atoms. The van der Waals surface area contributed by atoms with Crippen LogP contribution >= 0.6 is 11.3 Å². The summed E-state index contributed by atoms with van der Waals surface area (Å²) in [5.74, 6) is 0. The third-order valence-corrected chi connectivity index (χ3v) is 4.82. The van der Waals surface area contributed by atoms with E-state index in [9.17, 15) is 5.11 Å². The molecule has 112 valence electrons. The Balaban J connectivity index is 1.72. The highest BCUT2D eigenvalue weighted by Gasteiger charge is 2.21. The zero-order valence-electron chi connectivity index (χ0n) is 12.3. The molecule has 0 radical (unpaired) electrons. The van der Waals surface area contributed by atoms with Gasteiger partial charge in [-0.2, -0.15) is 0 Å². The van der Waals surface area contributed by atoms with E-state index in [0.29, 0.717) is 0 Å². The topological polar surface area (TPSA) is 39.6 Å². The van der Waals surface area contributed by atoms with Gasteiger partial charge in [-0.25, -0.2) is 4.98 Å². The number of nitrogens with zero attached hydrogens (tertiary/aromatic N) is 3. The summed E-state index contributed by atoms with van der Waals surface area (Å²) in [6, 6.07) is 8.21. The molecule has 1 aliphatic heterocycles. The molecule has 2 heterocycles. The number of hydrogen-bond acceptors (Lipinski definition) is 5. The van der Waals surface area contributed by atoms with E-state index in [1.54, 1.807) is 11.3 Å². The summed E-state index contributed by atoms with van der Waals surface area (Å²) in [5, 5.41) is 13.3. The lowest BCUT2D eigenvalue weighted by Crippen LogP contribution is -2.46. The molecule has 1 aromatic carbocycles. The SMILES string of the molecule is CC[C@@H](O)c1ccccc1N1CCN(c2nccs2)CC1. The van der Waals surface area contributed by atoms with Gasteiger partial charge in [-0.15, -0.1) is 11.3 Å². The second-order valence-corrected chi connectivity index (χ2v) is 6.14. The van der Waals surface area contributed by atoms with Crippen molar-refractivity contribution in [1.29, 1.82) is 0 Å².